The number of hydrogen-bond donors (Lipinski definition) is 1. The summed E-state index contributed by atoms with van der Waals surface area (Å²) >= 11 is 15.7. The van der Waals surface area contributed by atoms with Crippen LogP contribution in [0.2, 0.25) is 10.0 Å². The molecule has 2 rings (SSSR count). The van der Waals surface area contributed by atoms with Crippen molar-refractivity contribution in [3.05, 3.63) is 74.2 Å². The molecule has 7 heteroatoms. The summed E-state index contributed by atoms with van der Waals surface area (Å²) in [6, 6.07) is 10.3. The van der Waals surface area contributed by atoms with Crippen LogP contribution >= 0.6 is 39.1 Å². The Hall–Kier alpha value is -2.26. The first kappa shape index (κ1) is 21.0. The first-order valence-corrected chi connectivity index (χ1v) is 9.32. The molecule has 2 aromatic rings. The summed E-state index contributed by atoms with van der Waals surface area (Å²) in [5.74, 6) is -0.0809. The fourth-order valence-electron chi connectivity index (χ4n) is 2.13. The van der Waals surface area contributed by atoms with Crippen LogP contribution in [0.25, 0.3) is 6.08 Å². The van der Waals surface area contributed by atoms with Crippen molar-refractivity contribution >= 4 is 56.8 Å². The highest BCUT2D eigenvalue weighted by Crippen LogP contribution is 2.35. The van der Waals surface area contributed by atoms with Crippen molar-refractivity contribution in [2.24, 2.45) is 0 Å². The summed E-state index contributed by atoms with van der Waals surface area (Å²) in [6.45, 7) is 5.75. The van der Waals surface area contributed by atoms with Crippen LogP contribution in [0.15, 0.2) is 53.0 Å². The topological polar surface area (TPSA) is 62.1 Å². The van der Waals surface area contributed by atoms with Gasteiger partial charge in [-0.05, 0) is 64.3 Å². The molecule has 27 heavy (non-hydrogen) atoms. The van der Waals surface area contributed by atoms with Crippen LogP contribution < -0.4 is 10.1 Å². The predicted octanol–water partition coefficient (Wildman–Crippen LogP) is 6.17. The molecule has 0 aliphatic carbocycles. The van der Waals surface area contributed by atoms with E-state index in [2.05, 4.69) is 27.8 Å². The zero-order valence-corrected chi connectivity index (χ0v) is 17.5. The van der Waals surface area contributed by atoms with Crippen LogP contribution in [0.3, 0.4) is 0 Å². The molecule has 4 nitrogen and oxygen atoms in total. The highest BCUT2D eigenvalue weighted by atomic mass is 79.9. The molecule has 0 radical (unpaired) electrons. The van der Waals surface area contributed by atoms with E-state index in [9.17, 15) is 10.1 Å². The summed E-state index contributed by atoms with van der Waals surface area (Å²) in [5.41, 5.74) is 1.90. The van der Waals surface area contributed by atoms with E-state index in [0.29, 0.717) is 38.1 Å². The van der Waals surface area contributed by atoms with Crippen LogP contribution in [0.5, 0.6) is 5.75 Å². The Morgan fingerprint density at radius 3 is 2.67 bits per heavy atom. The van der Waals surface area contributed by atoms with Gasteiger partial charge in [0.15, 0.2) is 5.75 Å². The monoisotopic (exact) mass is 464 g/mol. The molecule has 0 fully saturated rings. The molecule has 0 saturated carbocycles. The molecule has 2 aromatic carbocycles. The van der Waals surface area contributed by atoms with Crippen molar-refractivity contribution in [3.8, 4) is 11.8 Å². The van der Waals surface area contributed by atoms with Gasteiger partial charge in [0, 0.05) is 10.7 Å². The Kier molecular flexibility index (Phi) is 7.49. The largest absolute Gasteiger partial charge is 0.487 e. The van der Waals surface area contributed by atoms with Gasteiger partial charge in [0.2, 0.25) is 0 Å². The Bertz CT molecular complexity index is 942. The van der Waals surface area contributed by atoms with Crippen molar-refractivity contribution < 1.29 is 9.53 Å². The molecule has 0 bridgehead atoms. The van der Waals surface area contributed by atoms with Gasteiger partial charge < -0.3 is 10.1 Å². The van der Waals surface area contributed by atoms with Crippen LogP contribution in [0.4, 0.5) is 5.69 Å². The minimum Gasteiger partial charge on any atom is -0.487 e. The van der Waals surface area contributed by atoms with Gasteiger partial charge in [-0.15, -0.1) is 0 Å². The Morgan fingerprint density at radius 2 is 2.07 bits per heavy atom. The van der Waals surface area contributed by atoms with Gasteiger partial charge in [0.25, 0.3) is 5.91 Å². The lowest BCUT2D eigenvalue weighted by Crippen LogP contribution is -2.13. The number of benzene rings is 2. The van der Waals surface area contributed by atoms with E-state index in [1.807, 2.05) is 13.0 Å². The number of carbonyl (C=O) groups is 1. The second-order valence-corrected chi connectivity index (χ2v) is 7.17. The molecule has 138 valence electrons. The van der Waals surface area contributed by atoms with E-state index in [0.717, 1.165) is 5.56 Å². The zero-order chi connectivity index (χ0) is 20.0. The third-order valence-corrected chi connectivity index (χ3v) is 4.75. The van der Waals surface area contributed by atoms with Crippen molar-refractivity contribution in [3.63, 3.8) is 0 Å². The SMILES string of the molecule is C=CCOc1c(Cl)cc(/C=C(/C#N)C(=O)Nc2ccc(C)c(Cl)c2)cc1Br. The third kappa shape index (κ3) is 5.61. The number of amides is 1. The second kappa shape index (κ2) is 9.61. The zero-order valence-electron chi connectivity index (χ0n) is 14.4. The minimum atomic E-state index is -0.545. The second-order valence-electron chi connectivity index (χ2n) is 5.50. The van der Waals surface area contributed by atoms with Crippen molar-refractivity contribution in [2.75, 3.05) is 11.9 Å². The van der Waals surface area contributed by atoms with E-state index in [-0.39, 0.29) is 5.57 Å². The minimum absolute atomic E-state index is 0.0746. The van der Waals surface area contributed by atoms with Crippen molar-refractivity contribution in [2.45, 2.75) is 6.92 Å². The predicted molar refractivity (Wildman–Crippen MR) is 113 cm³/mol. The van der Waals surface area contributed by atoms with E-state index in [1.54, 1.807) is 36.4 Å². The molecule has 0 aromatic heterocycles. The lowest BCUT2D eigenvalue weighted by atomic mass is 10.1. The summed E-state index contributed by atoms with van der Waals surface area (Å²) in [5, 5.41) is 12.9. The molecule has 0 aliphatic rings. The van der Waals surface area contributed by atoms with Crippen LogP contribution in [0, 0.1) is 18.3 Å². The molecular weight excluding hydrogens is 451 g/mol. The molecule has 1 amide bonds. The van der Waals surface area contributed by atoms with Gasteiger partial charge in [-0.1, -0.05) is 41.9 Å². The van der Waals surface area contributed by atoms with Gasteiger partial charge in [-0.2, -0.15) is 5.26 Å². The van der Waals surface area contributed by atoms with Gasteiger partial charge in [0.05, 0.1) is 9.50 Å². The number of aryl methyl sites for hydroxylation is 1. The molecule has 1 N–H and O–H groups in total. The number of hydrogen-bond acceptors (Lipinski definition) is 3. The first-order chi connectivity index (χ1) is 12.8. The quantitative estimate of drug-likeness (QED) is 0.315. The number of rotatable bonds is 6. The van der Waals surface area contributed by atoms with Crippen molar-refractivity contribution in [1.29, 1.82) is 5.26 Å². The molecular formula is C20H15BrCl2N2O2. The summed E-state index contributed by atoms with van der Waals surface area (Å²) < 4.78 is 6.08. The molecule has 0 aliphatic heterocycles. The number of halogens is 3. The first-order valence-electron chi connectivity index (χ1n) is 7.77. The average molecular weight is 466 g/mol. The average Bonchev–Trinajstić information content (AvgIpc) is 2.62. The number of nitrogens with one attached hydrogen (secondary N) is 1. The van der Waals surface area contributed by atoms with Gasteiger partial charge in [-0.3, -0.25) is 4.79 Å². The maximum absolute atomic E-state index is 12.4. The van der Waals surface area contributed by atoms with Gasteiger partial charge >= 0.3 is 0 Å². The fourth-order valence-corrected chi connectivity index (χ4v) is 3.30. The fraction of sp³-hybridized carbons (Fsp3) is 0.100. The number of carbonyl (C=O) groups excluding carboxylic acids is 1. The lowest BCUT2D eigenvalue weighted by Gasteiger charge is -2.10. The summed E-state index contributed by atoms with van der Waals surface area (Å²) in [6.07, 6.45) is 3.05. The Labute approximate surface area is 176 Å². The molecule has 0 saturated heterocycles. The van der Waals surface area contributed by atoms with Gasteiger partial charge in [-0.25, -0.2) is 0 Å². The Morgan fingerprint density at radius 1 is 1.33 bits per heavy atom. The third-order valence-electron chi connectivity index (χ3n) is 3.47. The summed E-state index contributed by atoms with van der Waals surface area (Å²) in [7, 11) is 0. The van der Waals surface area contributed by atoms with Crippen LogP contribution in [-0.2, 0) is 4.79 Å². The molecule has 0 heterocycles. The number of anilines is 1. The van der Waals surface area contributed by atoms with E-state index < -0.39 is 5.91 Å². The Balaban J connectivity index is 2.26. The lowest BCUT2D eigenvalue weighted by molar-refractivity contribution is -0.112. The smallest absolute Gasteiger partial charge is 0.266 e. The molecule has 0 spiro atoms. The summed E-state index contributed by atoms with van der Waals surface area (Å²) in [4.78, 5) is 12.4. The number of nitrogens with zero attached hydrogens (tertiary/aromatic N) is 1. The van der Waals surface area contributed by atoms with E-state index in [4.69, 9.17) is 27.9 Å². The number of ether oxygens (including phenoxy) is 1. The normalized spacial score (nSPS) is 10.9. The molecule has 0 atom stereocenters. The number of nitriles is 1. The molecule has 0 unspecified atom stereocenters. The van der Waals surface area contributed by atoms with Crippen LogP contribution in [0.1, 0.15) is 11.1 Å². The highest BCUT2D eigenvalue weighted by Gasteiger charge is 2.13. The van der Waals surface area contributed by atoms with Crippen molar-refractivity contribution in [1.82, 2.24) is 0 Å². The van der Waals surface area contributed by atoms with Gasteiger partial charge in [0.1, 0.15) is 18.2 Å². The van der Waals surface area contributed by atoms with Crippen LogP contribution in [-0.4, -0.2) is 12.5 Å². The standard InChI is InChI=1S/C20H15BrCl2N2O2/c1-3-6-27-19-16(21)8-13(9-18(19)23)7-14(11-24)20(26)25-15-5-4-12(2)17(22)10-15/h3-5,7-10H,1,6H2,2H3,(H,25,26)/b14-7-. The highest BCUT2D eigenvalue weighted by molar-refractivity contribution is 9.10. The van der Waals surface area contributed by atoms with E-state index >= 15 is 0 Å². The maximum Gasteiger partial charge on any atom is 0.266 e. The van der Waals surface area contributed by atoms with E-state index in [1.165, 1.54) is 6.08 Å². The maximum atomic E-state index is 12.4.